The molecule has 2 rings (SSSR count). The van der Waals surface area contributed by atoms with Crippen molar-refractivity contribution in [3.63, 3.8) is 0 Å². The molecule has 0 saturated heterocycles. The minimum atomic E-state index is 0.592. The van der Waals surface area contributed by atoms with Crippen LogP contribution in [0.25, 0.3) is 0 Å². The molecule has 0 spiro atoms. The fraction of sp³-hybridized carbons (Fsp3) is 0.538. The number of rotatable bonds is 2. The predicted octanol–water partition coefficient (Wildman–Crippen LogP) is 4.58. The van der Waals surface area contributed by atoms with Crippen molar-refractivity contribution in [3.8, 4) is 0 Å². The zero-order valence-electron chi connectivity index (χ0n) is 8.89. The van der Waals surface area contributed by atoms with E-state index in [4.69, 9.17) is 0 Å². The first-order chi connectivity index (χ1) is 6.76. The molecule has 0 radical (unpaired) electrons. The van der Waals surface area contributed by atoms with Crippen molar-refractivity contribution >= 4 is 15.9 Å². The Morgan fingerprint density at radius 2 is 2.07 bits per heavy atom. The lowest BCUT2D eigenvalue weighted by Gasteiger charge is -2.08. The molecule has 2 unspecified atom stereocenters. The molecule has 0 saturated carbocycles. The molecule has 0 bridgehead atoms. The molecule has 1 aliphatic rings. The average molecular weight is 253 g/mol. The third-order valence-corrected chi connectivity index (χ3v) is 4.19. The zero-order valence-corrected chi connectivity index (χ0v) is 10.5. The summed E-state index contributed by atoms with van der Waals surface area (Å²) in [5, 5.41) is 0. The summed E-state index contributed by atoms with van der Waals surface area (Å²) < 4.78 is 0. The molecule has 1 heteroatoms. The van der Waals surface area contributed by atoms with Gasteiger partial charge in [0.2, 0.25) is 0 Å². The Morgan fingerprint density at radius 1 is 1.29 bits per heavy atom. The van der Waals surface area contributed by atoms with E-state index in [-0.39, 0.29) is 0 Å². The van der Waals surface area contributed by atoms with E-state index in [0.717, 1.165) is 12.3 Å². The normalized spacial score (nSPS) is 25.1. The summed E-state index contributed by atoms with van der Waals surface area (Å²) >= 11 is 3.78. The number of hydrogen-bond donors (Lipinski definition) is 0. The second-order valence-electron chi connectivity index (χ2n) is 4.13. The summed E-state index contributed by atoms with van der Waals surface area (Å²) in [5.41, 5.74) is 4.58. The van der Waals surface area contributed by atoms with Crippen LogP contribution in [0.3, 0.4) is 0 Å². The second kappa shape index (κ2) is 4.06. The van der Waals surface area contributed by atoms with Gasteiger partial charge in [-0.25, -0.2) is 0 Å². The van der Waals surface area contributed by atoms with Crippen molar-refractivity contribution in [2.75, 3.05) is 0 Å². The van der Waals surface area contributed by atoms with Crippen LogP contribution in [-0.4, -0.2) is 0 Å². The molecule has 14 heavy (non-hydrogen) atoms. The molecule has 0 amide bonds. The van der Waals surface area contributed by atoms with Crippen LogP contribution in [0.15, 0.2) is 18.2 Å². The number of halogens is 1. The van der Waals surface area contributed by atoms with Gasteiger partial charge in [0.25, 0.3) is 0 Å². The van der Waals surface area contributed by atoms with Gasteiger partial charge in [-0.1, -0.05) is 48.0 Å². The topological polar surface area (TPSA) is 0 Å². The Morgan fingerprint density at radius 3 is 2.71 bits per heavy atom. The fourth-order valence-corrected chi connectivity index (χ4v) is 3.23. The van der Waals surface area contributed by atoms with Crippen molar-refractivity contribution in [1.82, 2.24) is 0 Å². The van der Waals surface area contributed by atoms with E-state index in [9.17, 15) is 0 Å². The van der Waals surface area contributed by atoms with Crippen LogP contribution in [-0.2, 0) is 6.42 Å². The molecule has 0 aliphatic heterocycles. The van der Waals surface area contributed by atoms with Crippen LogP contribution < -0.4 is 0 Å². The summed E-state index contributed by atoms with van der Waals surface area (Å²) in [6.45, 7) is 4.50. The average Bonchev–Trinajstić information content (AvgIpc) is 2.55. The molecular weight excluding hydrogens is 236 g/mol. The summed E-state index contributed by atoms with van der Waals surface area (Å²) in [6.07, 6.45) is 3.68. The Balaban J connectivity index is 2.41. The lowest BCUT2D eigenvalue weighted by atomic mass is 9.97. The molecule has 0 fully saturated rings. The summed E-state index contributed by atoms with van der Waals surface area (Å²) in [6, 6.07) is 7.00. The lowest BCUT2D eigenvalue weighted by molar-refractivity contribution is 0.654. The van der Waals surface area contributed by atoms with E-state index in [1.54, 1.807) is 5.56 Å². The fourth-order valence-electron chi connectivity index (χ4n) is 2.38. The number of hydrogen-bond acceptors (Lipinski definition) is 0. The molecule has 76 valence electrons. The van der Waals surface area contributed by atoms with Gasteiger partial charge in [0.15, 0.2) is 0 Å². The van der Waals surface area contributed by atoms with Gasteiger partial charge in [0, 0.05) is 4.83 Å². The highest BCUT2D eigenvalue weighted by Crippen LogP contribution is 2.46. The van der Waals surface area contributed by atoms with Crippen molar-refractivity contribution in [1.29, 1.82) is 0 Å². The summed E-state index contributed by atoms with van der Waals surface area (Å²) in [4.78, 5) is 0.592. The first-order valence-corrected chi connectivity index (χ1v) is 6.44. The van der Waals surface area contributed by atoms with Crippen LogP contribution in [0, 0.1) is 0 Å². The molecule has 0 aromatic heterocycles. The quantitative estimate of drug-likeness (QED) is 0.676. The first-order valence-electron chi connectivity index (χ1n) is 5.53. The van der Waals surface area contributed by atoms with E-state index >= 15 is 0 Å². The van der Waals surface area contributed by atoms with Crippen LogP contribution >= 0.6 is 15.9 Å². The predicted molar refractivity (Wildman–Crippen MR) is 65.1 cm³/mol. The third-order valence-electron chi connectivity index (χ3n) is 3.32. The summed E-state index contributed by atoms with van der Waals surface area (Å²) in [7, 11) is 0. The minimum Gasteiger partial charge on any atom is -0.0838 e. The number of aryl methyl sites for hydroxylation is 1. The van der Waals surface area contributed by atoms with Gasteiger partial charge in [-0.2, -0.15) is 0 Å². The number of benzene rings is 1. The lowest BCUT2D eigenvalue weighted by Crippen LogP contribution is -1.91. The summed E-state index contributed by atoms with van der Waals surface area (Å²) in [5.74, 6) is 0.778. The van der Waals surface area contributed by atoms with Gasteiger partial charge in [0.1, 0.15) is 0 Å². The highest BCUT2D eigenvalue weighted by atomic mass is 79.9. The van der Waals surface area contributed by atoms with E-state index in [1.165, 1.54) is 24.0 Å². The van der Waals surface area contributed by atoms with Crippen molar-refractivity contribution in [2.45, 2.75) is 43.9 Å². The van der Waals surface area contributed by atoms with Crippen molar-refractivity contribution < 1.29 is 0 Å². The van der Waals surface area contributed by atoms with E-state index < -0.39 is 0 Å². The Kier molecular flexibility index (Phi) is 2.96. The molecular formula is C13H17Br. The van der Waals surface area contributed by atoms with Crippen molar-refractivity contribution in [3.05, 3.63) is 34.9 Å². The van der Waals surface area contributed by atoms with Crippen LogP contribution in [0.2, 0.25) is 0 Å². The number of fused-ring (bicyclic) bond motifs is 1. The van der Waals surface area contributed by atoms with Gasteiger partial charge in [-0.05, 0) is 41.9 Å². The smallest absolute Gasteiger partial charge is 0.0404 e. The van der Waals surface area contributed by atoms with Crippen LogP contribution in [0.4, 0.5) is 0 Å². The standard InChI is InChI=1S/C13H17Br/c1-3-9-5-6-11-10(4-2)8-13(14)12(11)7-9/h5-7,10,13H,3-4,8H2,1-2H3. The Hall–Kier alpha value is -0.300. The third kappa shape index (κ3) is 1.63. The molecule has 0 nitrogen and oxygen atoms in total. The van der Waals surface area contributed by atoms with Gasteiger partial charge in [0.05, 0.1) is 0 Å². The molecule has 0 N–H and O–H groups in total. The maximum absolute atomic E-state index is 3.78. The minimum absolute atomic E-state index is 0.592. The second-order valence-corrected chi connectivity index (χ2v) is 5.23. The molecule has 1 aromatic carbocycles. The number of alkyl halides is 1. The molecule has 1 aromatic rings. The monoisotopic (exact) mass is 252 g/mol. The maximum Gasteiger partial charge on any atom is 0.0404 e. The van der Waals surface area contributed by atoms with Gasteiger partial charge in [-0.3, -0.25) is 0 Å². The first kappa shape index (κ1) is 10.2. The van der Waals surface area contributed by atoms with Gasteiger partial charge >= 0.3 is 0 Å². The van der Waals surface area contributed by atoms with Crippen LogP contribution in [0.1, 0.15) is 54.1 Å². The maximum atomic E-state index is 3.78. The van der Waals surface area contributed by atoms with Crippen molar-refractivity contribution in [2.24, 2.45) is 0 Å². The Bertz CT molecular complexity index is 330. The SMILES string of the molecule is CCc1ccc2c(c1)C(Br)CC2CC. The molecule has 1 aliphatic carbocycles. The zero-order chi connectivity index (χ0) is 10.1. The highest BCUT2D eigenvalue weighted by molar-refractivity contribution is 9.09. The Labute approximate surface area is 94.8 Å². The van der Waals surface area contributed by atoms with E-state index in [1.807, 2.05) is 0 Å². The largest absolute Gasteiger partial charge is 0.0838 e. The van der Waals surface area contributed by atoms with E-state index in [2.05, 4.69) is 48.0 Å². The van der Waals surface area contributed by atoms with E-state index in [0.29, 0.717) is 4.83 Å². The van der Waals surface area contributed by atoms with Crippen LogP contribution in [0.5, 0.6) is 0 Å². The van der Waals surface area contributed by atoms with Gasteiger partial charge < -0.3 is 0 Å². The highest BCUT2D eigenvalue weighted by Gasteiger charge is 2.27. The molecule has 2 atom stereocenters. The molecule has 0 heterocycles. The van der Waals surface area contributed by atoms with Gasteiger partial charge in [-0.15, -0.1) is 0 Å².